The minimum absolute atomic E-state index is 0.00727. The van der Waals surface area contributed by atoms with Crippen LogP contribution >= 0.6 is 0 Å². The lowest BCUT2D eigenvalue weighted by Crippen LogP contribution is -2.43. The quantitative estimate of drug-likeness (QED) is 0.844. The number of carbonyl (C=O) groups is 2. The Bertz CT molecular complexity index is 400. The summed E-state index contributed by atoms with van der Waals surface area (Å²) in [6.07, 6.45) is 5.10. The van der Waals surface area contributed by atoms with Crippen molar-refractivity contribution in [2.24, 2.45) is 5.92 Å². The summed E-state index contributed by atoms with van der Waals surface area (Å²) in [6.45, 7) is 1.30. The Morgan fingerprint density at radius 2 is 2.00 bits per heavy atom. The maximum atomic E-state index is 11.9. The van der Waals surface area contributed by atoms with Gasteiger partial charge in [0.25, 0.3) is 0 Å². The number of carboxylic acid groups (broad SMARTS) is 1. The Hall–Kier alpha value is -1.78. The van der Waals surface area contributed by atoms with Crippen LogP contribution in [0.25, 0.3) is 0 Å². The molecule has 0 radical (unpaired) electrons. The fraction of sp³-hybridized carbons (Fsp3) is 0.500. The van der Waals surface area contributed by atoms with Gasteiger partial charge >= 0.3 is 5.97 Å². The number of carbonyl (C=O) groups excluding carboxylic acids is 1. The molecule has 1 aromatic heterocycles. The van der Waals surface area contributed by atoms with E-state index in [-0.39, 0.29) is 5.91 Å². The average Bonchev–Trinajstić information content (AvgIpc) is 2.82. The van der Waals surface area contributed by atoms with Crippen molar-refractivity contribution in [3.63, 3.8) is 0 Å². The van der Waals surface area contributed by atoms with Gasteiger partial charge in [-0.2, -0.15) is 0 Å². The molecule has 0 unspecified atom stereocenters. The van der Waals surface area contributed by atoms with Crippen molar-refractivity contribution >= 4 is 11.9 Å². The fourth-order valence-electron chi connectivity index (χ4n) is 2.14. The molecule has 1 aliphatic heterocycles. The van der Waals surface area contributed by atoms with Crippen molar-refractivity contribution in [1.29, 1.82) is 0 Å². The number of nitrogens with zero attached hydrogens (tertiary/aromatic N) is 2. The maximum Gasteiger partial charge on any atom is 0.308 e. The first-order chi connectivity index (χ1) is 8.16. The monoisotopic (exact) mass is 236 g/mol. The number of aliphatic carboxylic acids is 1. The van der Waals surface area contributed by atoms with Gasteiger partial charge in [-0.25, -0.2) is 0 Å². The van der Waals surface area contributed by atoms with Crippen LogP contribution in [0.5, 0.6) is 0 Å². The number of carboxylic acids is 1. The van der Waals surface area contributed by atoms with Gasteiger partial charge in [0, 0.05) is 25.5 Å². The molecule has 1 saturated heterocycles. The summed E-state index contributed by atoms with van der Waals surface area (Å²) in [5.74, 6) is -1.21. The second kappa shape index (κ2) is 5.03. The topological polar surface area (TPSA) is 62.5 Å². The van der Waals surface area contributed by atoms with E-state index >= 15 is 0 Å². The van der Waals surface area contributed by atoms with Crippen LogP contribution < -0.4 is 0 Å². The third-order valence-electron chi connectivity index (χ3n) is 3.11. The van der Waals surface area contributed by atoms with E-state index in [9.17, 15) is 9.59 Å². The normalized spacial score (nSPS) is 20.2. The highest BCUT2D eigenvalue weighted by Gasteiger charge is 2.27. The van der Waals surface area contributed by atoms with Gasteiger partial charge in [-0.3, -0.25) is 9.59 Å². The number of hydrogen-bond donors (Lipinski definition) is 1. The Morgan fingerprint density at radius 1 is 1.29 bits per heavy atom. The molecular weight excluding hydrogens is 220 g/mol. The van der Waals surface area contributed by atoms with Crippen LogP contribution in [0.15, 0.2) is 24.5 Å². The summed E-state index contributed by atoms with van der Waals surface area (Å²) in [5, 5.41) is 8.95. The molecule has 1 aliphatic rings. The number of aromatic nitrogens is 1. The first-order valence-electron chi connectivity index (χ1n) is 5.78. The lowest BCUT2D eigenvalue weighted by atomic mass is 9.98. The van der Waals surface area contributed by atoms with E-state index in [0.717, 1.165) is 6.42 Å². The number of piperidine rings is 1. The van der Waals surface area contributed by atoms with Gasteiger partial charge in [0.15, 0.2) is 0 Å². The van der Waals surface area contributed by atoms with Gasteiger partial charge in [0.05, 0.1) is 5.92 Å². The minimum atomic E-state index is -0.802. The van der Waals surface area contributed by atoms with Crippen molar-refractivity contribution in [2.45, 2.75) is 19.4 Å². The summed E-state index contributed by atoms with van der Waals surface area (Å²) >= 11 is 0. The van der Waals surface area contributed by atoms with Crippen LogP contribution in [0, 0.1) is 5.92 Å². The van der Waals surface area contributed by atoms with E-state index < -0.39 is 11.9 Å². The summed E-state index contributed by atoms with van der Waals surface area (Å²) in [5.41, 5.74) is 0. The second-order valence-corrected chi connectivity index (χ2v) is 4.37. The van der Waals surface area contributed by atoms with Crippen LogP contribution in [0.1, 0.15) is 12.8 Å². The first-order valence-corrected chi connectivity index (χ1v) is 5.78. The molecule has 0 aliphatic carbocycles. The number of likely N-dealkylation sites (tertiary alicyclic amines) is 1. The second-order valence-electron chi connectivity index (χ2n) is 4.37. The summed E-state index contributed by atoms with van der Waals surface area (Å²) in [7, 11) is 0. The Labute approximate surface area is 99.6 Å². The summed E-state index contributed by atoms with van der Waals surface area (Å²) in [6, 6.07) is 3.73. The molecule has 92 valence electrons. The van der Waals surface area contributed by atoms with Crippen LogP contribution in [-0.4, -0.2) is 39.5 Å². The van der Waals surface area contributed by atoms with Gasteiger partial charge < -0.3 is 14.6 Å². The van der Waals surface area contributed by atoms with Gasteiger partial charge in [0.1, 0.15) is 6.54 Å². The average molecular weight is 236 g/mol. The highest BCUT2D eigenvalue weighted by Crippen LogP contribution is 2.16. The van der Waals surface area contributed by atoms with E-state index in [0.29, 0.717) is 26.1 Å². The largest absolute Gasteiger partial charge is 0.481 e. The highest BCUT2D eigenvalue weighted by atomic mass is 16.4. The Morgan fingerprint density at radius 3 is 2.65 bits per heavy atom. The molecule has 1 N–H and O–H groups in total. The van der Waals surface area contributed by atoms with E-state index in [1.807, 2.05) is 24.5 Å². The third-order valence-corrected chi connectivity index (χ3v) is 3.11. The summed E-state index contributed by atoms with van der Waals surface area (Å²) < 4.78 is 1.80. The third kappa shape index (κ3) is 2.87. The predicted octanol–water partition coefficient (Wildman–Crippen LogP) is 0.811. The van der Waals surface area contributed by atoms with Crippen molar-refractivity contribution < 1.29 is 14.7 Å². The lowest BCUT2D eigenvalue weighted by Gasteiger charge is -2.30. The number of hydrogen-bond acceptors (Lipinski definition) is 2. The highest BCUT2D eigenvalue weighted by molar-refractivity contribution is 5.77. The van der Waals surface area contributed by atoms with Gasteiger partial charge in [-0.1, -0.05) is 0 Å². The molecule has 1 fully saturated rings. The van der Waals surface area contributed by atoms with E-state index in [1.165, 1.54) is 0 Å². The molecule has 2 heterocycles. The molecule has 0 spiro atoms. The fourth-order valence-corrected chi connectivity index (χ4v) is 2.14. The van der Waals surface area contributed by atoms with Gasteiger partial charge in [0.2, 0.25) is 5.91 Å². The van der Waals surface area contributed by atoms with Crippen molar-refractivity contribution in [3.8, 4) is 0 Å². The van der Waals surface area contributed by atoms with Crippen molar-refractivity contribution in [2.75, 3.05) is 13.1 Å². The van der Waals surface area contributed by atoms with Crippen LogP contribution in [0.2, 0.25) is 0 Å². The molecule has 5 nitrogen and oxygen atoms in total. The van der Waals surface area contributed by atoms with E-state index in [2.05, 4.69) is 0 Å². The molecule has 17 heavy (non-hydrogen) atoms. The van der Waals surface area contributed by atoms with Gasteiger partial charge in [-0.05, 0) is 25.0 Å². The molecule has 1 aromatic rings. The van der Waals surface area contributed by atoms with Crippen molar-refractivity contribution in [1.82, 2.24) is 9.47 Å². The van der Waals surface area contributed by atoms with E-state index in [4.69, 9.17) is 5.11 Å². The predicted molar refractivity (Wildman–Crippen MR) is 61.4 cm³/mol. The van der Waals surface area contributed by atoms with Crippen molar-refractivity contribution in [3.05, 3.63) is 24.5 Å². The zero-order valence-corrected chi connectivity index (χ0v) is 9.58. The zero-order chi connectivity index (χ0) is 12.3. The number of rotatable bonds is 3. The molecule has 2 rings (SSSR count). The van der Waals surface area contributed by atoms with Gasteiger partial charge in [-0.15, -0.1) is 0 Å². The van der Waals surface area contributed by atoms with Crippen LogP contribution in [0.3, 0.4) is 0 Å². The smallest absolute Gasteiger partial charge is 0.308 e. The minimum Gasteiger partial charge on any atom is -0.481 e. The molecule has 0 aromatic carbocycles. The zero-order valence-electron chi connectivity index (χ0n) is 9.58. The van der Waals surface area contributed by atoms with E-state index in [1.54, 1.807) is 9.47 Å². The summed E-state index contributed by atoms with van der Waals surface area (Å²) in [4.78, 5) is 24.5. The molecule has 5 heteroatoms. The Kier molecular flexibility index (Phi) is 3.46. The van der Waals surface area contributed by atoms with Crippen LogP contribution in [-0.2, 0) is 16.1 Å². The molecule has 0 saturated carbocycles. The molecular formula is C12H16N2O3. The lowest BCUT2D eigenvalue weighted by molar-refractivity contribution is -0.145. The number of amides is 1. The molecule has 1 amide bonds. The Balaban J connectivity index is 1.93. The molecule has 1 atom stereocenters. The maximum absolute atomic E-state index is 11.9. The standard InChI is InChI=1S/C12H16N2O3/c15-11(9-13-5-1-2-6-13)14-7-3-4-10(8-14)12(16)17/h1-2,5-6,10H,3-4,7-9H2,(H,16,17)/t10-/m1/s1. The first kappa shape index (κ1) is 11.7. The molecule has 0 bridgehead atoms. The van der Waals surface area contributed by atoms with Crippen LogP contribution in [0.4, 0.5) is 0 Å². The SMILES string of the molecule is O=C(O)[C@@H]1CCCN(C(=O)Cn2cccc2)C1.